The fourth-order valence-electron chi connectivity index (χ4n) is 2.69. The number of anilines is 1. The molecule has 0 spiro atoms. The molecule has 0 aliphatic carbocycles. The van der Waals surface area contributed by atoms with E-state index in [-0.39, 0.29) is 17.4 Å². The Morgan fingerprint density at radius 2 is 1.41 bits per heavy atom. The number of hydrogen-bond donors (Lipinski definition) is 2. The molecule has 2 amide bonds. The number of amides is 2. The molecule has 142 valence electrons. The van der Waals surface area contributed by atoms with E-state index in [1.807, 2.05) is 34.6 Å². The van der Waals surface area contributed by atoms with Gasteiger partial charge in [0.1, 0.15) is 0 Å². The van der Waals surface area contributed by atoms with Crippen molar-refractivity contribution in [1.82, 2.24) is 5.32 Å². The lowest BCUT2D eigenvalue weighted by atomic mass is 10.1. The molecule has 2 aromatic rings. The van der Waals surface area contributed by atoms with Crippen LogP contribution in [-0.4, -0.2) is 23.1 Å². The van der Waals surface area contributed by atoms with Crippen LogP contribution in [0.4, 0.5) is 5.69 Å². The van der Waals surface area contributed by atoms with Gasteiger partial charge < -0.3 is 20.1 Å². The van der Waals surface area contributed by atoms with E-state index in [0.29, 0.717) is 28.3 Å². The maximum Gasteiger partial charge on any atom is 0.255 e. The highest BCUT2D eigenvalue weighted by molar-refractivity contribution is 6.05. The third-order valence-electron chi connectivity index (χ3n) is 3.81. The number of fused-ring (bicyclic) bond motifs is 1. The molecule has 0 aromatic heterocycles. The van der Waals surface area contributed by atoms with Gasteiger partial charge in [-0.15, -0.1) is 0 Å². The van der Waals surface area contributed by atoms with E-state index in [1.165, 1.54) is 0 Å². The van der Waals surface area contributed by atoms with Crippen LogP contribution < -0.4 is 20.1 Å². The molecule has 0 unspecified atom stereocenters. The first kappa shape index (κ1) is 18.8. The molecule has 0 saturated carbocycles. The van der Waals surface area contributed by atoms with Crippen LogP contribution in [0.2, 0.25) is 0 Å². The van der Waals surface area contributed by atoms with Crippen LogP contribution in [0, 0.1) is 0 Å². The largest absolute Gasteiger partial charge is 0.449 e. The number of carbonyl (C=O) groups excluding carboxylic acids is 2. The molecule has 1 heterocycles. The van der Waals surface area contributed by atoms with E-state index in [9.17, 15) is 9.59 Å². The van der Waals surface area contributed by atoms with Crippen molar-refractivity contribution in [2.24, 2.45) is 0 Å². The van der Waals surface area contributed by atoms with Gasteiger partial charge in [-0.2, -0.15) is 0 Å². The Morgan fingerprint density at radius 1 is 0.852 bits per heavy atom. The van der Waals surface area contributed by atoms with Crippen LogP contribution in [0.25, 0.3) is 0 Å². The summed E-state index contributed by atoms with van der Waals surface area (Å²) in [5, 5.41) is 5.72. The fraction of sp³-hybridized carbons (Fsp3) is 0.333. The van der Waals surface area contributed by atoms with Crippen LogP contribution in [0.3, 0.4) is 0 Å². The molecule has 0 saturated heterocycles. The van der Waals surface area contributed by atoms with Crippen molar-refractivity contribution >= 4 is 17.5 Å². The van der Waals surface area contributed by atoms with E-state index in [1.54, 1.807) is 42.5 Å². The van der Waals surface area contributed by atoms with Gasteiger partial charge in [-0.05, 0) is 57.2 Å². The number of carbonyl (C=O) groups is 2. The van der Waals surface area contributed by atoms with Gasteiger partial charge in [0.15, 0.2) is 11.5 Å². The average molecular weight is 368 g/mol. The Labute approximate surface area is 158 Å². The van der Waals surface area contributed by atoms with Crippen molar-refractivity contribution in [3.63, 3.8) is 0 Å². The van der Waals surface area contributed by atoms with Crippen LogP contribution in [0.5, 0.6) is 11.5 Å². The minimum absolute atomic E-state index is 0.173. The number of hydrogen-bond acceptors (Lipinski definition) is 4. The summed E-state index contributed by atoms with van der Waals surface area (Å²) in [7, 11) is 0. The molecule has 6 nitrogen and oxygen atoms in total. The molecule has 1 aliphatic heterocycles. The van der Waals surface area contributed by atoms with Crippen molar-refractivity contribution in [3.8, 4) is 11.5 Å². The van der Waals surface area contributed by atoms with E-state index in [0.717, 1.165) is 0 Å². The molecule has 2 aromatic carbocycles. The van der Waals surface area contributed by atoms with Gasteiger partial charge in [0, 0.05) is 42.3 Å². The second-order valence-electron chi connectivity index (χ2n) is 8.00. The summed E-state index contributed by atoms with van der Waals surface area (Å²) in [6.07, 6.45) is 0. The standard InChI is InChI=1S/C21H24N2O4/c1-20(2,3)23-19(25)14-8-6-13(7-9-14)18(24)22-15-10-11-16-17(12-15)27-21(4,5)26-16/h6-12H,1-5H3,(H,22,24)(H,23,25). The summed E-state index contributed by atoms with van der Waals surface area (Å²) >= 11 is 0. The first-order chi connectivity index (χ1) is 12.5. The SMILES string of the molecule is CC(C)(C)NC(=O)c1ccc(C(=O)Nc2ccc3c(c2)OC(C)(C)O3)cc1. The number of nitrogens with one attached hydrogen (secondary N) is 2. The van der Waals surface area contributed by atoms with Gasteiger partial charge >= 0.3 is 0 Å². The van der Waals surface area contributed by atoms with Crippen LogP contribution >= 0.6 is 0 Å². The molecule has 2 N–H and O–H groups in total. The topological polar surface area (TPSA) is 76.7 Å². The second-order valence-corrected chi connectivity index (χ2v) is 8.00. The minimum atomic E-state index is -0.714. The lowest BCUT2D eigenvalue weighted by Crippen LogP contribution is -2.40. The summed E-state index contributed by atoms with van der Waals surface area (Å²) in [5.41, 5.74) is 1.25. The van der Waals surface area contributed by atoms with E-state index in [4.69, 9.17) is 9.47 Å². The molecule has 3 rings (SSSR count). The quantitative estimate of drug-likeness (QED) is 0.859. The normalized spacial score (nSPS) is 14.6. The van der Waals surface area contributed by atoms with E-state index < -0.39 is 5.79 Å². The summed E-state index contributed by atoms with van der Waals surface area (Å²) < 4.78 is 11.3. The van der Waals surface area contributed by atoms with Gasteiger partial charge in [-0.25, -0.2) is 0 Å². The van der Waals surface area contributed by atoms with Crippen molar-refractivity contribution < 1.29 is 19.1 Å². The van der Waals surface area contributed by atoms with Gasteiger partial charge in [0.25, 0.3) is 11.8 Å². The Hall–Kier alpha value is -3.02. The Balaban J connectivity index is 1.68. The minimum Gasteiger partial charge on any atom is -0.449 e. The highest BCUT2D eigenvalue weighted by Gasteiger charge is 2.31. The predicted octanol–water partition coefficient (Wildman–Crippen LogP) is 3.97. The van der Waals surface area contributed by atoms with Gasteiger partial charge in [0.05, 0.1) is 0 Å². The van der Waals surface area contributed by atoms with E-state index in [2.05, 4.69) is 10.6 Å². The molecule has 0 radical (unpaired) electrons. The highest BCUT2D eigenvalue weighted by atomic mass is 16.7. The Bertz CT molecular complexity index is 880. The lowest BCUT2D eigenvalue weighted by Gasteiger charge is -2.20. The number of ether oxygens (including phenoxy) is 2. The Kier molecular flexibility index (Phi) is 4.59. The molecular weight excluding hydrogens is 344 g/mol. The number of benzene rings is 2. The number of rotatable bonds is 3. The fourth-order valence-corrected chi connectivity index (χ4v) is 2.69. The van der Waals surface area contributed by atoms with Crippen LogP contribution in [-0.2, 0) is 0 Å². The predicted molar refractivity (Wildman–Crippen MR) is 103 cm³/mol. The van der Waals surface area contributed by atoms with Gasteiger partial charge in [-0.1, -0.05) is 0 Å². The molecular formula is C21H24N2O4. The van der Waals surface area contributed by atoms with E-state index >= 15 is 0 Å². The zero-order valence-corrected chi connectivity index (χ0v) is 16.2. The highest BCUT2D eigenvalue weighted by Crippen LogP contribution is 2.40. The first-order valence-corrected chi connectivity index (χ1v) is 8.78. The van der Waals surface area contributed by atoms with Crippen LogP contribution in [0.1, 0.15) is 55.3 Å². The van der Waals surface area contributed by atoms with Crippen molar-refractivity contribution in [2.75, 3.05) is 5.32 Å². The maximum absolute atomic E-state index is 12.5. The van der Waals surface area contributed by atoms with Gasteiger partial charge in [-0.3, -0.25) is 9.59 Å². The van der Waals surface area contributed by atoms with Crippen LogP contribution in [0.15, 0.2) is 42.5 Å². The van der Waals surface area contributed by atoms with Gasteiger partial charge in [0.2, 0.25) is 5.79 Å². The summed E-state index contributed by atoms with van der Waals surface area (Å²) in [4.78, 5) is 24.6. The molecule has 0 fully saturated rings. The monoisotopic (exact) mass is 368 g/mol. The smallest absolute Gasteiger partial charge is 0.255 e. The molecule has 1 aliphatic rings. The summed E-state index contributed by atoms with van der Waals surface area (Å²) in [5.74, 6) is 0.0805. The molecule has 0 atom stereocenters. The van der Waals surface area contributed by atoms with Crippen molar-refractivity contribution in [3.05, 3.63) is 53.6 Å². The third kappa shape index (κ3) is 4.58. The third-order valence-corrected chi connectivity index (χ3v) is 3.81. The zero-order chi connectivity index (χ0) is 19.8. The molecule has 0 bridgehead atoms. The summed E-state index contributed by atoms with van der Waals surface area (Å²) in [6, 6.07) is 11.8. The zero-order valence-electron chi connectivity index (χ0n) is 16.2. The molecule has 6 heteroatoms. The molecule has 27 heavy (non-hydrogen) atoms. The lowest BCUT2D eigenvalue weighted by molar-refractivity contribution is -0.0431. The van der Waals surface area contributed by atoms with Crippen molar-refractivity contribution in [1.29, 1.82) is 0 Å². The average Bonchev–Trinajstić information content (AvgIpc) is 2.86. The maximum atomic E-state index is 12.5. The summed E-state index contributed by atoms with van der Waals surface area (Å²) in [6.45, 7) is 9.39. The Morgan fingerprint density at radius 3 is 2.00 bits per heavy atom. The van der Waals surface area contributed by atoms with Crippen molar-refractivity contribution in [2.45, 2.75) is 45.9 Å². The first-order valence-electron chi connectivity index (χ1n) is 8.78. The second kappa shape index (κ2) is 6.61.